The first-order chi connectivity index (χ1) is 10.4. The number of nitrogens with zero attached hydrogens (tertiary/aromatic N) is 1. The topological polar surface area (TPSA) is 41.5 Å². The highest BCUT2D eigenvalue weighted by molar-refractivity contribution is 6.36. The highest BCUT2D eigenvalue weighted by atomic mass is 35.5. The monoisotopic (exact) mass is 336 g/mol. The summed E-state index contributed by atoms with van der Waals surface area (Å²) in [5.74, 6) is 0.0258. The standard InChI is InChI=1S/C17H18Cl2N2O/c1-10(2)12-5-4-11(3)16(8-12)20-21-17(22)14-7-6-13(18)9-15(14)19/h4,6-7,9,12H,1,5,8H2,2-3H3,(H,21,22)/b20-16+. The maximum absolute atomic E-state index is 12.2. The summed E-state index contributed by atoms with van der Waals surface area (Å²) in [7, 11) is 0. The zero-order valence-electron chi connectivity index (χ0n) is 12.6. The Morgan fingerprint density at radius 2 is 2.14 bits per heavy atom. The summed E-state index contributed by atoms with van der Waals surface area (Å²) >= 11 is 11.8. The average Bonchev–Trinajstić information content (AvgIpc) is 2.45. The molecule has 116 valence electrons. The molecule has 1 N–H and O–H groups in total. The Hall–Kier alpha value is -1.58. The molecule has 0 spiro atoms. The Balaban J connectivity index is 2.13. The van der Waals surface area contributed by atoms with Gasteiger partial charge >= 0.3 is 0 Å². The van der Waals surface area contributed by atoms with E-state index >= 15 is 0 Å². The molecule has 0 aromatic heterocycles. The first-order valence-electron chi connectivity index (χ1n) is 7.03. The van der Waals surface area contributed by atoms with Gasteiger partial charge in [0.15, 0.2) is 0 Å². The van der Waals surface area contributed by atoms with Crippen molar-refractivity contribution in [3.63, 3.8) is 0 Å². The van der Waals surface area contributed by atoms with Gasteiger partial charge in [0.25, 0.3) is 5.91 Å². The van der Waals surface area contributed by atoms with Crippen molar-refractivity contribution >= 4 is 34.8 Å². The summed E-state index contributed by atoms with van der Waals surface area (Å²) in [6.07, 6.45) is 3.88. The molecule has 0 radical (unpaired) electrons. The summed E-state index contributed by atoms with van der Waals surface area (Å²) in [6, 6.07) is 4.74. The van der Waals surface area contributed by atoms with E-state index in [9.17, 15) is 4.79 Å². The van der Waals surface area contributed by atoms with E-state index in [0.717, 1.165) is 29.7 Å². The first kappa shape index (κ1) is 16.8. The van der Waals surface area contributed by atoms with Crippen molar-refractivity contribution in [2.45, 2.75) is 26.7 Å². The lowest BCUT2D eigenvalue weighted by atomic mass is 9.85. The van der Waals surface area contributed by atoms with Crippen LogP contribution in [0.25, 0.3) is 0 Å². The van der Waals surface area contributed by atoms with Crippen LogP contribution in [0.5, 0.6) is 0 Å². The van der Waals surface area contributed by atoms with Crippen molar-refractivity contribution in [1.82, 2.24) is 5.43 Å². The molecule has 1 aromatic carbocycles. The van der Waals surface area contributed by atoms with Crippen molar-refractivity contribution < 1.29 is 4.79 Å². The normalized spacial score (nSPS) is 19.7. The molecular formula is C17H18Cl2N2O. The van der Waals surface area contributed by atoms with Gasteiger partial charge in [-0.25, -0.2) is 5.43 Å². The largest absolute Gasteiger partial charge is 0.272 e. The fourth-order valence-electron chi connectivity index (χ4n) is 2.28. The fraction of sp³-hybridized carbons (Fsp3) is 0.294. The number of halogens is 2. The van der Waals surface area contributed by atoms with Gasteiger partial charge in [0, 0.05) is 5.02 Å². The van der Waals surface area contributed by atoms with E-state index in [1.807, 2.05) is 13.8 Å². The number of rotatable bonds is 3. The van der Waals surface area contributed by atoms with Gasteiger partial charge in [0.2, 0.25) is 0 Å². The summed E-state index contributed by atoms with van der Waals surface area (Å²) in [6.45, 7) is 8.01. The van der Waals surface area contributed by atoms with Crippen LogP contribution in [-0.4, -0.2) is 11.6 Å². The number of amides is 1. The zero-order valence-corrected chi connectivity index (χ0v) is 14.1. The molecule has 0 aliphatic heterocycles. The molecular weight excluding hydrogens is 319 g/mol. The van der Waals surface area contributed by atoms with Gasteiger partial charge in [-0.3, -0.25) is 4.79 Å². The molecule has 0 saturated heterocycles. The number of carbonyl (C=O) groups is 1. The fourth-order valence-corrected chi connectivity index (χ4v) is 2.77. The Kier molecular flexibility index (Phi) is 5.43. The number of carbonyl (C=O) groups excluding carboxylic acids is 1. The molecule has 22 heavy (non-hydrogen) atoms. The van der Waals surface area contributed by atoms with Gasteiger partial charge in [-0.1, -0.05) is 41.4 Å². The third-order valence-corrected chi connectivity index (χ3v) is 4.32. The molecule has 5 heteroatoms. The molecule has 1 atom stereocenters. The number of hydrogen-bond acceptors (Lipinski definition) is 2. The first-order valence-corrected chi connectivity index (χ1v) is 7.78. The number of nitrogens with one attached hydrogen (secondary N) is 1. The van der Waals surface area contributed by atoms with Crippen LogP contribution in [0.1, 0.15) is 37.0 Å². The SMILES string of the molecule is C=C(C)C1CC=C(C)/C(=N/NC(=O)c2ccc(Cl)cc2Cl)C1. The number of hydrogen-bond donors (Lipinski definition) is 1. The molecule has 0 fully saturated rings. The number of hydrazone groups is 1. The van der Waals surface area contributed by atoms with Crippen LogP contribution in [0.4, 0.5) is 0 Å². The molecule has 0 bridgehead atoms. The number of benzene rings is 1. The maximum atomic E-state index is 12.2. The van der Waals surface area contributed by atoms with E-state index in [1.165, 1.54) is 6.07 Å². The second-order valence-corrected chi connectivity index (χ2v) is 6.34. The minimum absolute atomic E-state index is 0.306. The summed E-state index contributed by atoms with van der Waals surface area (Å²) in [5, 5.41) is 5.05. The summed E-state index contributed by atoms with van der Waals surface area (Å²) < 4.78 is 0. The molecule has 1 aliphatic rings. The Morgan fingerprint density at radius 1 is 1.41 bits per heavy atom. The predicted molar refractivity (Wildman–Crippen MR) is 92.7 cm³/mol. The van der Waals surface area contributed by atoms with Crippen LogP contribution in [0.2, 0.25) is 10.0 Å². The lowest BCUT2D eigenvalue weighted by Crippen LogP contribution is -2.23. The van der Waals surface area contributed by atoms with Crippen LogP contribution >= 0.6 is 23.2 Å². The van der Waals surface area contributed by atoms with Gasteiger partial charge in [0.1, 0.15) is 0 Å². The van der Waals surface area contributed by atoms with Gasteiger partial charge in [-0.2, -0.15) is 5.10 Å². The second-order valence-electron chi connectivity index (χ2n) is 5.49. The quantitative estimate of drug-likeness (QED) is 0.611. The lowest BCUT2D eigenvalue weighted by molar-refractivity contribution is 0.0955. The van der Waals surface area contributed by atoms with E-state index in [2.05, 4.69) is 23.2 Å². The zero-order chi connectivity index (χ0) is 16.3. The summed E-state index contributed by atoms with van der Waals surface area (Å²) in [4.78, 5) is 12.2. The summed E-state index contributed by atoms with van der Waals surface area (Å²) in [5.41, 5.74) is 6.01. The highest BCUT2D eigenvalue weighted by Gasteiger charge is 2.19. The van der Waals surface area contributed by atoms with E-state index in [-0.39, 0.29) is 5.91 Å². The Bertz CT molecular complexity index is 677. The van der Waals surface area contributed by atoms with Crippen molar-refractivity contribution in [2.75, 3.05) is 0 Å². The van der Waals surface area contributed by atoms with Crippen molar-refractivity contribution in [3.05, 3.63) is 57.6 Å². The minimum atomic E-state index is -0.348. The third-order valence-electron chi connectivity index (χ3n) is 3.77. The molecule has 0 heterocycles. The van der Waals surface area contributed by atoms with Crippen LogP contribution < -0.4 is 5.43 Å². The van der Waals surface area contributed by atoms with Crippen LogP contribution in [-0.2, 0) is 0 Å². The van der Waals surface area contributed by atoms with Crippen molar-refractivity contribution in [1.29, 1.82) is 0 Å². The third kappa shape index (κ3) is 3.99. The van der Waals surface area contributed by atoms with Crippen molar-refractivity contribution in [3.8, 4) is 0 Å². The number of allylic oxidation sites excluding steroid dienone is 3. The lowest BCUT2D eigenvalue weighted by Gasteiger charge is -2.22. The molecule has 1 unspecified atom stereocenters. The van der Waals surface area contributed by atoms with Crippen LogP contribution in [0.3, 0.4) is 0 Å². The smallest absolute Gasteiger partial charge is 0.267 e. The minimum Gasteiger partial charge on any atom is -0.267 e. The molecule has 1 aromatic rings. The van der Waals surface area contributed by atoms with Gasteiger partial charge < -0.3 is 0 Å². The van der Waals surface area contributed by atoms with Gasteiger partial charge in [-0.15, -0.1) is 0 Å². The second kappa shape index (κ2) is 7.12. The average molecular weight is 337 g/mol. The molecule has 3 nitrogen and oxygen atoms in total. The van der Waals surface area contributed by atoms with Gasteiger partial charge in [0.05, 0.1) is 16.3 Å². The van der Waals surface area contributed by atoms with E-state index in [1.54, 1.807) is 12.1 Å². The maximum Gasteiger partial charge on any atom is 0.272 e. The molecule has 1 amide bonds. The van der Waals surface area contributed by atoms with Crippen LogP contribution in [0, 0.1) is 5.92 Å². The van der Waals surface area contributed by atoms with E-state index in [4.69, 9.17) is 23.2 Å². The highest BCUT2D eigenvalue weighted by Crippen LogP contribution is 2.26. The molecule has 0 saturated carbocycles. The van der Waals surface area contributed by atoms with E-state index in [0.29, 0.717) is 21.5 Å². The molecule has 1 aliphatic carbocycles. The van der Waals surface area contributed by atoms with Crippen LogP contribution in [0.15, 0.2) is 47.1 Å². The Labute approximate surface area is 140 Å². The van der Waals surface area contributed by atoms with Gasteiger partial charge in [-0.05, 0) is 56.4 Å². The van der Waals surface area contributed by atoms with E-state index < -0.39 is 0 Å². The van der Waals surface area contributed by atoms with Crippen molar-refractivity contribution in [2.24, 2.45) is 11.0 Å². The predicted octanol–water partition coefficient (Wildman–Crippen LogP) is 5.01. The Morgan fingerprint density at radius 3 is 2.77 bits per heavy atom. The molecule has 2 rings (SSSR count).